The smallest absolute Gasteiger partial charge is 0.416 e. The second-order valence-corrected chi connectivity index (χ2v) is 7.11. The molecule has 1 heterocycles. The normalized spacial score (nSPS) is 20.3. The molecule has 0 saturated carbocycles. The third kappa shape index (κ3) is 3.21. The van der Waals surface area contributed by atoms with Crippen LogP contribution in [0.5, 0.6) is 0 Å². The summed E-state index contributed by atoms with van der Waals surface area (Å²) in [5, 5.41) is 8.63. The van der Waals surface area contributed by atoms with Crippen LogP contribution in [0.1, 0.15) is 18.4 Å². The van der Waals surface area contributed by atoms with Gasteiger partial charge in [-0.25, -0.2) is 8.42 Å². The number of halogens is 4. The molecule has 0 bridgehead atoms. The molecule has 1 aliphatic rings. The summed E-state index contributed by atoms with van der Waals surface area (Å²) in [6.45, 7) is -0.0623. The Kier molecular flexibility index (Phi) is 4.42. The quantitative estimate of drug-likeness (QED) is 0.902. The number of rotatable bonds is 3. The highest BCUT2D eigenvalue weighted by molar-refractivity contribution is 7.89. The Morgan fingerprint density at radius 3 is 2.50 bits per heavy atom. The van der Waals surface area contributed by atoms with E-state index in [1.165, 1.54) is 0 Å². The van der Waals surface area contributed by atoms with Gasteiger partial charge in [-0.1, -0.05) is 11.6 Å². The van der Waals surface area contributed by atoms with Crippen LogP contribution in [0.3, 0.4) is 0 Å². The molecule has 1 aromatic rings. The lowest BCUT2D eigenvalue weighted by Crippen LogP contribution is -2.40. The zero-order valence-corrected chi connectivity index (χ0v) is 12.5. The Labute approximate surface area is 129 Å². The van der Waals surface area contributed by atoms with Crippen LogP contribution in [-0.2, 0) is 21.0 Å². The first-order valence-corrected chi connectivity index (χ1v) is 7.98. The van der Waals surface area contributed by atoms with Crippen LogP contribution in [-0.4, -0.2) is 36.4 Å². The summed E-state index contributed by atoms with van der Waals surface area (Å²) in [5.74, 6) is -1.33. The van der Waals surface area contributed by atoms with E-state index in [9.17, 15) is 26.4 Å². The lowest BCUT2D eigenvalue weighted by atomic mass is 10.2. The number of hydrogen-bond acceptors (Lipinski definition) is 3. The second-order valence-electron chi connectivity index (χ2n) is 4.79. The summed E-state index contributed by atoms with van der Waals surface area (Å²) >= 11 is 5.57. The molecule has 22 heavy (non-hydrogen) atoms. The van der Waals surface area contributed by atoms with Crippen molar-refractivity contribution in [3.63, 3.8) is 0 Å². The van der Waals surface area contributed by atoms with E-state index in [1.807, 2.05) is 0 Å². The number of aliphatic carboxylic acids is 1. The van der Waals surface area contributed by atoms with Gasteiger partial charge in [0, 0.05) is 11.6 Å². The molecule has 0 radical (unpaired) electrons. The van der Waals surface area contributed by atoms with Crippen LogP contribution < -0.4 is 0 Å². The van der Waals surface area contributed by atoms with E-state index in [0.29, 0.717) is 22.9 Å². The summed E-state index contributed by atoms with van der Waals surface area (Å²) < 4.78 is 63.8. The summed E-state index contributed by atoms with van der Waals surface area (Å²) in [6.07, 6.45) is -4.32. The lowest BCUT2D eigenvalue weighted by molar-refractivity contribution is -0.141. The van der Waals surface area contributed by atoms with Crippen molar-refractivity contribution in [2.75, 3.05) is 6.54 Å². The molecule has 2 rings (SSSR count). The van der Waals surface area contributed by atoms with E-state index in [4.69, 9.17) is 16.7 Å². The first kappa shape index (κ1) is 17.0. The number of sulfonamides is 1. The first-order chi connectivity index (χ1) is 10.0. The molecule has 1 aliphatic heterocycles. The van der Waals surface area contributed by atoms with Crippen molar-refractivity contribution in [1.29, 1.82) is 0 Å². The minimum Gasteiger partial charge on any atom is -0.480 e. The molecular formula is C12H11ClF3NO4S. The molecular weight excluding hydrogens is 347 g/mol. The highest BCUT2D eigenvalue weighted by atomic mass is 35.5. The highest BCUT2D eigenvalue weighted by Gasteiger charge is 2.40. The Balaban J connectivity index is 2.50. The van der Waals surface area contributed by atoms with E-state index in [-0.39, 0.29) is 18.0 Å². The van der Waals surface area contributed by atoms with Crippen LogP contribution in [0.4, 0.5) is 13.2 Å². The van der Waals surface area contributed by atoms with Crippen molar-refractivity contribution in [2.45, 2.75) is 30.0 Å². The number of carboxylic acid groups (broad SMARTS) is 1. The standard InChI is InChI=1S/C12H11ClF3NO4S/c13-8-4-7(12(14,15)16)5-9(6-8)22(20,21)17-3-1-2-10(17)11(18)19/h4-6,10H,1-3H2,(H,18,19). The van der Waals surface area contributed by atoms with E-state index in [1.54, 1.807) is 0 Å². The zero-order chi connectivity index (χ0) is 16.7. The third-order valence-corrected chi connectivity index (χ3v) is 5.40. The van der Waals surface area contributed by atoms with Gasteiger partial charge in [-0.05, 0) is 31.0 Å². The largest absolute Gasteiger partial charge is 0.480 e. The molecule has 1 fully saturated rings. The monoisotopic (exact) mass is 357 g/mol. The second kappa shape index (κ2) is 5.71. The van der Waals surface area contributed by atoms with Crippen LogP contribution in [0.25, 0.3) is 0 Å². The average Bonchev–Trinajstić information content (AvgIpc) is 2.86. The van der Waals surface area contributed by atoms with Crippen molar-refractivity contribution in [3.8, 4) is 0 Å². The molecule has 10 heteroatoms. The minimum atomic E-state index is -4.76. The molecule has 1 aromatic carbocycles. The SMILES string of the molecule is O=C(O)C1CCCN1S(=O)(=O)c1cc(Cl)cc(C(F)(F)F)c1. The van der Waals surface area contributed by atoms with E-state index in [0.717, 1.165) is 6.07 Å². The predicted octanol–water partition coefficient (Wildman–Crippen LogP) is 2.60. The molecule has 1 atom stereocenters. The van der Waals surface area contributed by atoms with Crippen molar-refractivity contribution < 1.29 is 31.5 Å². The third-order valence-electron chi connectivity index (χ3n) is 3.29. The number of carboxylic acids is 1. The maximum absolute atomic E-state index is 12.8. The summed E-state index contributed by atoms with van der Waals surface area (Å²) in [7, 11) is -4.37. The van der Waals surface area contributed by atoms with E-state index in [2.05, 4.69) is 0 Å². The molecule has 0 spiro atoms. The van der Waals surface area contributed by atoms with Crippen LogP contribution in [0, 0.1) is 0 Å². The Hall–Kier alpha value is -1.32. The first-order valence-electron chi connectivity index (χ1n) is 6.16. The average molecular weight is 358 g/mol. The van der Waals surface area contributed by atoms with Gasteiger partial charge in [0.15, 0.2) is 0 Å². The van der Waals surface area contributed by atoms with Crippen molar-refractivity contribution in [1.82, 2.24) is 4.31 Å². The summed E-state index contributed by atoms with van der Waals surface area (Å²) in [6, 6.07) is 0.666. The Morgan fingerprint density at radius 1 is 1.32 bits per heavy atom. The molecule has 0 aromatic heterocycles. The van der Waals surface area contributed by atoms with Gasteiger partial charge in [0.25, 0.3) is 0 Å². The lowest BCUT2D eigenvalue weighted by Gasteiger charge is -2.21. The maximum Gasteiger partial charge on any atom is 0.416 e. The molecule has 1 N–H and O–H groups in total. The fraction of sp³-hybridized carbons (Fsp3) is 0.417. The highest BCUT2D eigenvalue weighted by Crippen LogP contribution is 2.35. The minimum absolute atomic E-state index is 0.0623. The van der Waals surface area contributed by atoms with Gasteiger partial charge in [-0.15, -0.1) is 0 Å². The predicted molar refractivity (Wildman–Crippen MR) is 71.0 cm³/mol. The summed E-state index contributed by atoms with van der Waals surface area (Å²) in [5.41, 5.74) is -1.20. The van der Waals surface area contributed by atoms with Gasteiger partial charge in [0.05, 0.1) is 10.5 Å². The Bertz CT molecular complexity index is 705. The fourth-order valence-electron chi connectivity index (χ4n) is 2.29. The number of benzene rings is 1. The number of carbonyl (C=O) groups is 1. The van der Waals surface area contributed by atoms with Crippen LogP contribution >= 0.6 is 11.6 Å². The van der Waals surface area contributed by atoms with Gasteiger partial charge in [0.2, 0.25) is 10.0 Å². The molecule has 0 aliphatic carbocycles. The van der Waals surface area contributed by atoms with Crippen molar-refractivity contribution in [2.24, 2.45) is 0 Å². The van der Waals surface area contributed by atoms with Gasteiger partial charge in [-0.3, -0.25) is 4.79 Å². The molecule has 0 amide bonds. The molecule has 1 saturated heterocycles. The zero-order valence-electron chi connectivity index (χ0n) is 11.0. The number of nitrogens with zero attached hydrogens (tertiary/aromatic N) is 1. The summed E-state index contributed by atoms with van der Waals surface area (Å²) in [4.78, 5) is 10.4. The maximum atomic E-state index is 12.8. The molecule has 1 unspecified atom stereocenters. The van der Waals surface area contributed by atoms with Gasteiger partial charge >= 0.3 is 12.1 Å². The molecule has 5 nitrogen and oxygen atoms in total. The Morgan fingerprint density at radius 2 is 1.95 bits per heavy atom. The van der Waals surface area contributed by atoms with Gasteiger partial charge in [0.1, 0.15) is 6.04 Å². The van der Waals surface area contributed by atoms with Gasteiger partial charge in [-0.2, -0.15) is 17.5 Å². The van der Waals surface area contributed by atoms with E-state index < -0.39 is 38.7 Å². The van der Waals surface area contributed by atoms with Crippen LogP contribution in [0.2, 0.25) is 5.02 Å². The van der Waals surface area contributed by atoms with Crippen LogP contribution in [0.15, 0.2) is 23.1 Å². The van der Waals surface area contributed by atoms with Gasteiger partial charge < -0.3 is 5.11 Å². The molecule has 122 valence electrons. The number of hydrogen-bond donors (Lipinski definition) is 1. The van der Waals surface area contributed by atoms with Crippen molar-refractivity contribution >= 4 is 27.6 Å². The fourth-order valence-corrected chi connectivity index (χ4v) is 4.31. The number of alkyl halides is 3. The van der Waals surface area contributed by atoms with Crippen molar-refractivity contribution in [3.05, 3.63) is 28.8 Å². The topological polar surface area (TPSA) is 74.7 Å². The van der Waals surface area contributed by atoms with E-state index >= 15 is 0 Å².